The number of benzene rings is 1. The molecule has 1 aliphatic rings. The van der Waals surface area contributed by atoms with Crippen LogP contribution in [0.3, 0.4) is 0 Å². The first kappa shape index (κ1) is 15.5. The zero-order valence-electron chi connectivity index (χ0n) is 13.9. The predicted octanol–water partition coefficient (Wildman–Crippen LogP) is 2.71. The van der Waals surface area contributed by atoms with Gasteiger partial charge in [0, 0.05) is 30.0 Å². The molecule has 2 aromatic heterocycles. The van der Waals surface area contributed by atoms with E-state index in [1.54, 1.807) is 11.0 Å². The van der Waals surface area contributed by atoms with Crippen LogP contribution in [-0.2, 0) is 0 Å². The molecule has 1 saturated heterocycles. The number of carbonyl (C=O) groups excluding carboxylic acids is 2. The van der Waals surface area contributed by atoms with Crippen molar-refractivity contribution in [2.45, 2.75) is 19.4 Å². The number of hydrogen-bond acceptors (Lipinski definition) is 3. The number of amides is 2. The van der Waals surface area contributed by atoms with E-state index in [0.29, 0.717) is 24.3 Å². The highest BCUT2D eigenvalue weighted by Crippen LogP contribution is 2.20. The highest BCUT2D eigenvalue weighted by molar-refractivity contribution is 5.98. The third-order valence-electron chi connectivity index (χ3n) is 4.60. The lowest BCUT2D eigenvalue weighted by atomic mass is 10.2. The fourth-order valence-electron chi connectivity index (χ4n) is 3.25. The van der Waals surface area contributed by atoms with E-state index in [1.165, 1.54) is 12.5 Å². The van der Waals surface area contributed by atoms with Gasteiger partial charge in [0.15, 0.2) is 0 Å². The van der Waals surface area contributed by atoms with Crippen LogP contribution in [0.4, 0.5) is 0 Å². The van der Waals surface area contributed by atoms with E-state index >= 15 is 0 Å². The number of aromatic amines is 1. The summed E-state index contributed by atoms with van der Waals surface area (Å²) in [7, 11) is 0. The van der Waals surface area contributed by atoms with Crippen LogP contribution in [0, 0.1) is 6.92 Å². The molecule has 1 aromatic carbocycles. The minimum atomic E-state index is -0.172. The maximum Gasteiger partial charge on any atom is 0.270 e. The molecule has 1 fully saturated rings. The number of nitrogens with one attached hydrogen (secondary N) is 2. The van der Waals surface area contributed by atoms with Crippen molar-refractivity contribution in [3.05, 3.63) is 59.7 Å². The summed E-state index contributed by atoms with van der Waals surface area (Å²) >= 11 is 0. The van der Waals surface area contributed by atoms with Gasteiger partial charge in [-0.2, -0.15) is 0 Å². The summed E-state index contributed by atoms with van der Waals surface area (Å²) in [6.45, 7) is 3.16. The Morgan fingerprint density at radius 2 is 2.16 bits per heavy atom. The summed E-state index contributed by atoms with van der Waals surface area (Å²) in [6.07, 6.45) is 3.63. The van der Waals surface area contributed by atoms with Crippen molar-refractivity contribution in [3.63, 3.8) is 0 Å². The summed E-state index contributed by atoms with van der Waals surface area (Å²) in [5, 5.41) is 3.97. The highest BCUT2D eigenvalue weighted by Gasteiger charge is 2.29. The van der Waals surface area contributed by atoms with Gasteiger partial charge in [-0.05, 0) is 37.1 Å². The topological polar surface area (TPSA) is 78.3 Å². The van der Waals surface area contributed by atoms with Gasteiger partial charge in [-0.25, -0.2) is 0 Å². The number of likely N-dealkylation sites (tertiary alicyclic amines) is 1. The van der Waals surface area contributed by atoms with Gasteiger partial charge in [0.25, 0.3) is 11.8 Å². The molecule has 128 valence electrons. The van der Waals surface area contributed by atoms with Crippen LogP contribution in [-0.4, -0.2) is 40.8 Å². The molecule has 3 heterocycles. The first-order chi connectivity index (χ1) is 12.1. The van der Waals surface area contributed by atoms with Crippen molar-refractivity contribution < 1.29 is 14.0 Å². The third-order valence-corrected chi connectivity index (χ3v) is 4.60. The molecule has 2 N–H and O–H groups in total. The number of aryl methyl sites for hydroxylation is 1. The Bertz CT molecular complexity index is 927. The number of nitrogens with zero attached hydrogens (tertiary/aromatic N) is 1. The second-order valence-corrected chi connectivity index (χ2v) is 6.50. The van der Waals surface area contributed by atoms with Crippen LogP contribution in [0.5, 0.6) is 0 Å². The quantitative estimate of drug-likeness (QED) is 0.771. The molecule has 6 nitrogen and oxygen atoms in total. The van der Waals surface area contributed by atoms with E-state index < -0.39 is 0 Å². The molecule has 4 rings (SSSR count). The van der Waals surface area contributed by atoms with Gasteiger partial charge >= 0.3 is 0 Å². The molecule has 2 amide bonds. The zero-order valence-corrected chi connectivity index (χ0v) is 13.9. The van der Waals surface area contributed by atoms with Gasteiger partial charge < -0.3 is 19.6 Å². The van der Waals surface area contributed by atoms with Gasteiger partial charge in [-0.3, -0.25) is 9.59 Å². The van der Waals surface area contributed by atoms with E-state index in [-0.39, 0.29) is 17.9 Å². The predicted molar refractivity (Wildman–Crippen MR) is 93.5 cm³/mol. The normalized spacial score (nSPS) is 17.2. The molecule has 25 heavy (non-hydrogen) atoms. The Morgan fingerprint density at radius 1 is 1.28 bits per heavy atom. The fraction of sp³-hybridized carbons (Fsp3) is 0.263. The van der Waals surface area contributed by atoms with E-state index in [2.05, 4.69) is 10.3 Å². The molecule has 0 spiro atoms. The maximum atomic E-state index is 12.7. The first-order valence-electron chi connectivity index (χ1n) is 8.32. The molecular weight excluding hydrogens is 318 g/mol. The Morgan fingerprint density at radius 3 is 2.96 bits per heavy atom. The Hall–Kier alpha value is -3.02. The van der Waals surface area contributed by atoms with E-state index in [9.17, 15) is 9.59 Å². The molecule has 1 atom stereocenters. The summed E-state index contributed by atoms with van der Waals surface area (Å²) in [5.41, 5.74) is 3.20. The standard InChI is InChI=1S/C19H19N3O3/c1-12-2-3-13-9-17(21-16(13)8-12)19(24)22-6-4-15(10-22)20-18(23)14-5-7-25-11-14/h2-3,5,7-9,11,15,21H,4,6,10H2,1H3,(H,20,23)/t15-/m1/s1. The summed E-state index contributed by atoms with van der Waals surface area (Å²) in [6, 6.07) is 9.54. The SMILES string of the molecule is Cc1ccc2cc(C(=O)N3CC[C@@H](NC(=O)c4ccoc4)C3)[nH]c2c1. The van der Waals surface area contributed by atoms with Crippen LogP contribution in [0.15, 0.2) is 47.3 Å². The van der Waals surface area contributed by atoms with Crippen LogP contribution in [0.25, 0.3) is 10.9 Å². The summed E-state index contributed by atoms with van der Waals surface area (Å²) < 4.78 is 4.92. The monoisotopic (exact) mass is 337 g/mol. The van der Waals surface area contributed by atoms with Crippen LogP contribution in [0.1, 0.15) is 32.8 Å². The second kappa shape index (κ2) is 6.12. The van der Waals surface area contributed by atoms with E-state index in [0.717, 1.165) is 22.9 Å². The van der Waals surface area contributed by atoms with Crippen molar-refractivity contribution in [3.8, 4) is 0 Å². The number of aromatic nitrogens is 1. The van der Waals surface area contributed by atoms with Gasteiger partial charge in [-0.1, -0.05) is 12.1 Å². The number of hydrogen-bond donors (Lipinski definition) is 2. The largest absolute Gasteiger partial charge is 0.472 e. The van der Waals surface area contributed by atoms with E-state index in [4.69, 9.17) is 4.42 Å². The maximum absolute atomic E-state index is 12.7. The van der Waals surface area contributed by atoms with Crippen LogP contribution in [0.2, 0.25) is 0 Å². The molecule has 0 saturated carbocycles. The summed E-state index contributed by atoms with van der Waals surface area (Å²) in [5.74, 6) is -0.206. The second-order valence-electron chi connectivity index (χ2n) is 6.50. The van der Waals surface area contributed by atoms with Gasteiger partial charge in [0.05, 0.1) is 11.8 Å². The van der Waals surface area contributed by atoms with Gasteiger partial charge in [0.1, 0.15) is 12.0 Å². The van der Waals surface area contributed by atoms with Crippen LogP contribution < -0.4 is 5.32 Å². The fourth-order valence-corrected chi connectivity index (χ4v) is 3.25. The van der Waals surface area contributed by atoms with Crippen molar-refractivity contribution in [1.82, 2.24) is 15.2 Å². The van der Waals surface area contributed by atoms with Crippen molar-refractivity contribution in [1.29, 1.82) is 0 Å². The van der Waals surface area contributed by atoms with Crippen molar-refractivity contribution in [2.75, 3.05) is 13.1 Å². The minimum Gasteiger partial charge on any atom is -0.472 e. The van der Waals surface area contributed by atoms with Crippen molar-refractivity contribution >= 4 is 22.7 Å². The molecule has 0 unspecified atom stereocenters. The van der Waals surface area contributed by atoms with Crippen molar-refractivity contribution in [2.24, 2.45) is 0 Å². The van der Waals surface area contributed by atoms with E-state index in [1.807, 2.05) is 31.2 Å². The molecule has 6 heteroatoms. The highest BCUT2D eigenvalue weighted by atomic mass is 16.3. The van der Waals surface area contributed by atoms with Gasteiger partial charge in [0.2, 0.25) is 0 Å². The average molecular weight is 337 g/mol. The minimum absolute atomic E-state index is 0.0334. The van der Waals surface area contributed by atoms with Crippen LogP contribution >= 0.6 is 0 Å². The Balaban J connectivity index is 1.43. The smallest absolute Gasteiger partial charge is 0.270 e. The Labute approximate surface area is 144 Å². The lowest BCUT2D eigenvalue weighted by Gasteiger charge is -2.16. The number of fused-ring (bicyclic) bond motifs is 1. The number of H-pyrrole nitrogens is 1. The molecule has 0 bridgehead atoms. The first-order valence-corrected chi connectivity index (χ1v) is 8.32. The third kappa shape index (κ3) is 3.03. The molecule has 0 aliphatic carbocycles. The molecule has 3 aromatic rings. The molecule has 0 radical (unpaired) electrons. The van der Waals surface area contributed by atoms with Gasteiger partial charge in [-0.15, -0.1) is 0 Å². The average Bonchev–Trinajstić information content (AvgIpc) is 3.33. The number of furan rings is 1. The number of rotatable bonds is 3. The summed E-state index contributed by atoms with van der Waals surface area (Å²) in [4.78, 5) is 29.8. The molecular formula is C19H19N3O3. The molecule has 1 aliphatic heterocycles. The Kier molecular flexibility index (Phi) is 3.80. The number of carbonyl (C=O) groups is 2. The lowest BCUT2D eigenvalue weighted by molar-refractivity contribution is 0.0778. The zero-order chi connectivity index (χ0) is 17.4. The lowest BCUT2D eigenvalue weighted by Crippen LogP contribution is -2.38.